The molecule has 3 heteroatoms. The van der Waals surface area contributed by atoms with Crippen molar-refractivity contribution >= 4 is 15.9 Å². The summed E-state index contributed by atoms with van der Waals surface area (Å²) in [6.45, 7) is 1.92. The largest absolute Gasteiger partial charge is 0.318 e. The van der Waals surface area contributed by atoms with Gasteiger partial charge in [0.05, 0.1) is 5.54 Å². The van der Waals surface area contributed by atoms with E-state index in [2.05, 4.69) is 15.9 Å². The molecule has 2 N–H and O–H groups in total. The lowest BCUT2D eigenvalue weighted by Crippen LogP contribution is -2.34. The molecular weight excluding hydrogens is 281 g/mol. The van der Waals surface area contributed by atoms with E-state index >= 15 is 0 Å². The van der Waals surface area contributed by atoms with Crippen LogP contribution in [0.5, 0.6) is 0 Å². The Kier molecular flexibility index (Phi) is 3.31. The SMILES string of the molecule is CC(N)(c1ccc(F)cc1)c1cccc(Br)c1. The normalized spacial score (nSPS) is 14.4. The predicted molar refractivity (Wildman–Crippen MR) is 71.2 cm³/mol. The zero-order chi connectivity index (χ0) is 12.5. The molecule has 0 aliphatic rings. The van der Waals surface area contributed by atoms with Crippen LogP contribution in [0.1, 0.15) is 18.1 Å². The summed E-state index contributed by atoms with van der Waals surface area (Å²) in [5.41, 5.74) is 7.58. The zero-order valence-electron chi connectivity index (χ0n) is 9.45. The second kappa shape index (κ2) is 4.59. The molecule has 0 aromatic heterocycles. The van der Waals surface area contributed by atoms with Crippen molar-refractivity contribution in [1.29, 1.82) is 0 Å². The fourth-order valence-electron chi connectivity index (χ4n) is 1.77. The van der Waals surface area contributed by atoms with E-state index in [0.717, 1.165) is 15.6 Å². The summed E-state index contributed by atoms with van der Waals surface area (Å²) >= 11 is 3.42. The Morgan fingerprint density at radius 2 is 1.71 bits per heavy atom. The van der Waals surface area contributed by atoms with Crippen LogP contribution in [0.2, 0.25) is 0 Å². The first-order chi connectivity index (χ1) is 8.00. The van der Waals surface area contributed by atoms with Gasteiger partial charge in [-0.2, -0.15) is 0 Å². The van der Waals surface area contributed by atoms with Gasteiger partial charge in [-0.1, -0.05) is 40.2 Å². The van der Waals surface area contributed by atoms with Gasteiger partial charge in [0.1, 0.15) is 5.82 Å². The van der Waals surface area contributed by atoms with Crippen LogP contribution in [0.4, 0.5) is 4.39 Å². The van der Waals surface area contributed by atoms with E-state index < -0.39 is 5.54 Å². The molecule has 0 bridgehead atoms. The quantitative estimate of drug-likeness (QED) is 0.895. The predicted octanol–water partition coefficient (Wildman–Crippen LogP) is 3.81. The van der Waals surface area contributed by atoms with Gasteiger partial charge in [0.15, 0.2) is 0 Å². The zero-order valence-corrected chi connectivity index (χ0v) is 11.0. The summed E-state index contributed by atoms with van der Waals surface area (Å²) in [6, 6.07) is 14.1. The highest BCUT2D eigenvalue weighted by atomic mass is 79.9. The fourth-order valence-corrected chi connectivity index (χ4v) is 2.17. The maximum absolute atomic E-state index is 12.9. The van der Waals surface area contributed by atoms with Crippen molar-refractivity contribution in [3.05, 3.63) is 69.9 Å². The van der Waals surface area contributed by atoms with Crippen LogP contribution in [0.3, 0.4) is 0 Å². The third kappa shape index (κ3) is 2.56. The first-order valence-electron chi connectivity index (χ1n) is 5.31. The number of hydrogen-bond acceptors (Lipinski definition) is 1. The van der Waals surface area contributed by atoms with Crippen LogP contribution < -0.4 is 5.73 Å². The van der Waals surface area contributed by atoms with Gasteiger partial charge >= 0.3 is 0 Å². The molecular formula is C14H13BrFN. The molecule has 0 aliphatic heterocycles. The van der Waals surface area contributed by atoms with Gasteiger partial charge in [-0.3, -0.25) is 0 Å². The Morgan fingerprint density at radius 3 is 2.29 bits per heavy atom. The minimum atomic E-state index is -0.628. The van der Waals surface area contributed by atoms with E-state index in [-0.39, 0.29) is 5.82 Å². The fraction of sp³-hybridized carbons (Fsp3) is 0.143. The molecule has 0 amide bonds. The van der Waals surface area contributed by atoms with E-state index in [1.807, 2.05) is 31.2 Å². The highest BCUT2D eigenvalue weighted by Gasteiger charge is 2.23. The smallest absolute Gasteiger partial charge is 0.123 e. The van der Waals surface area contributed by atoms with E-state index in [1.165, 1.54) is 12.1 Å². The number of benzene rings is 2. The average Bonchev–Trinajstić information content (AvgIpc) is 2.29. The van der Waals surface area contributed by atoms with Crippen molar-refractivity contribution in [2.45, 2.75) is 12.5 Å². The van der Waals surface area contributed by atoms with Gasteiger partial charge < -0.3 is 5.73 Å². The lowest BCUT2D eigenvalue weighted by Gasteiger charge is -2.26. The van der Waals surface area contributed by atoms with Crippen LogP contribution in [-0.4, -0.2) is 0 Å². The van der Waals surface area contributed by atoms with Gasteiger partial charge in [0.25, 0.3) is 0 Å². The van der Waals surface area contributed by atoms with Crippen molar-refractivity contribution in [1.82, 2.24) is 0 Å². The lowest BCUT2D eigenvalue weighted by molar-refractivity contribution is 0.593. The third-order valence-electron chi connectivity index (χ3n) is 2.87. The second-order valence-electron chi connectivity index (χ2n) is 4.22. The minimum absolute atomic E-state index is 0.251. The number of nitrogens with two attached hydrogens (primary N) is 1. The van der Waals surface area contributed by atoms with Gasteiger partial charge in [0, 0.05) is 4.47 Å². The van der Waals surface area contributed by atoms with Crippen LogP contribution in [0, 0.1) is 5.82 Å². The molecule has 17 heavy (non-hydrogen) atoms. The molecule has 88 valence electrons. The Balaban J connectivity index is 2.45. The Morgan fingerprint density at radius 1 is 1.06 bits per heavy atom. The molecule has 1 atom stereocenters. The Hall–Kier alpha value is -1.19. The van der Waals surface area contributed by atoms with Gasteiger partial charge in [0.2, 0.25) is 0 Å². The minimum Gasteiger partial charge on any atom is -0.318 e. The maximum atomic E-state index is 12.9. The molecule has 0 heterocycles. The van der Waals surface area contributed by atoms with Gasteiger partial charge in [-0.25, -0.2) is 4.39 Å². The van der Waals surface area contributed by atoms with Crippen LogP contribution in [0.15, 0.2) is 53.0 Å². The monoisotopic (exact) mass is 293 g/mol. The first kappa shape index (κ1) is 12.3. The highest BCUT2D eigenvalue weighted by molar-refractivity contribution is 9.10. The van der Waals surface area contributed by atoms with Crippen LogP contribution in [0.25, 0.3) is 0 Å². The molecule has 2 aromatic carbocycles. The van der Waals surface area contributed by atoms with E-state index in [0.29, 0.717) is 0 Å². The summed E-state index contributed by atoms with van der Waals surface area (Å²) in [5.74, 6) is -0.251. The average molecular weight is 294 g/mol. The van der Waals surface area contributed by atoms with Gasteiger partial charge in [-0.15, -0.1) is 0 Å². The van der Waals surface area contributed by atoms with E-state index in [1.54, 1.807) is 12.1 Å². The van der Waals surface area contributed by atoms with Crippen molar-refractivity contribution in [3.8, 4) is 0 Å². The van der Waals surface area contributed by atoms with Crippen LogP contribution >= 0.6 is 15.9 Å². The summed E-state index contributed by atoms with van der Waals surface area (Å²) in [4.78, 5) is 0. The molecule has 2 rings (SSSR count). The van der Waals surface area contributed by atoms with Crippen molar-refractivity contribution in [2.75, 3.05) is 0 Å². The molecule has 0 saturated heterocycles. The molecule has 0 aliphatic carbocycles. The summed E-state index contributed by atoms with van der Waals surface area (Å²) < 4.78 is 13.9. The molecule has 0 spiro atoms. The third-order valence-corrected chi connectivity index (χ3v) is 3.36. The summed E-state index contributed by atoms with van der Waals surface area (Å²) in [5, 5.41) is 0. The molecule has 0 fully saturated rings. The molecule has 2 aromatic rings. The van der Waals surface area contributed by atoms with E-state index in [4.69, 9.17) is 5.73 Å². The summed E-state index contributed by atoms with van der Waals surface area (Å²) in [6.07, 6.45) is 0. The standard InChI is InChI=1S/C14H13BrFN/c1-14(17,10-5-7-13(16)8-6-10)11-3-2-4-12(15)9-11/h2-9H,17H2,1H3. The second-order valence-corrected chi connectivity index (χ2v) is 5.14. The Bertz CT molecular complexity index is 520. The number of hydrogen-bond donors (Lipinski definition) is 1. The first-order valence-corrected chi connectivity index (χ1v) is 6.10. The van der Waals surface area contributed by atoms with E-state index in [9.17, 15) is 4.39 Å². The maximum Gasteiger partial charge on any atom is 0.123 e. The molecule has 1 unspecified atom stereocenters. The lowest BCUT2D eigenvalue weighted by atomic mass is 9.86. The van der Waals surface area contributed by atoms with Crippen molar-refractivity contribution in [2.24, 2.45) is 5.73 Å². The molecule has 1 nitrogen and oxygen atoms in total. The topological polar surface area (TPSA) is 26.0 Å². The van der Waals surface area contributed by atoms with Crippen LogP contribution in [-0.2, 0) is 5.54 Å². The molecule has 0 radical (unpaired) electrons. The van der Waals surface area contributed by atoms with Crippen molar-refractivity contribution in [3.63, 3.8) is 0 Å². The highest BCUT2D eigenvalue weighted by Crippen LogP contribution is 2.28. The summed E-state index contributed by atoms with van der Waals surface area (Å²) in [7, 11) is 0. The number of rotatable bonds is 2. The van der Waals surface area contributed by atoms with Crippen molar-refractivity contribution < 1.29 is 4.39 Å². The molecule has 0 saturated carbocycles. The number of halogens is 2. The Labute approximate surface area is 109 Å². The van der Waals surface area contributed by atoms with Gasteiger partial charge in [-0.05, 0) is 42.3 Å².